The first-order valence-electron chi connectivity index (χ1n) is 8.89. The molecule has 6 heteroatoms. The molecule has 1 unspecified atom stereocenters. The zero-order valence-corrected chi connectivity index (χ0v) is 17.9. The van der Waals surface area contributed by atoms with Gasteiger partial charge in [0, 0.05) is 26.7 Å². The van der Waals surface area contributed by atoms with Gasteiger partial charge in [0.15, 0.2) is 5.96 Å². The van der Waals surface area contributed by atoms with E-state index in [1.165, 1.54) is 17.5 Å². The summed E-state index contributed by atoms with van der Waals surface area (Å²) in [4.78, 5) is 18.3. The monoisotopic (exact) mass is 458 g/mol. The van der Waals surface area contributed by atoms with Crippen molar-refractivity contribution in [3.05, 3.63) is 35.4 Å². The summed E-state index contributed by atoms with van der Waals surface area (Å²) in [5, 5.41) is 6.44. The SMILES string of the molecule is CN=C(NCC(=O)N1CCCCC1)NCC(C)c1ccc(C)cc1.I. The maximum absolute atomic E-state index is 12.2. The lowest BCUT2D eigenvalue weighted by molar-refractivity contribution is -0.130. The van der Waals surface area contributed by atoms with Crippen LogP contribution in [0.1, 0.15) is 43.2 Å². The van der Waals surface area contributed by atoms with Crippen molar-refractivity contribution in [2.45, 2.75) is 39.0 Å². The van der Waals surface area contributed by atoms with Crippen LogP contribution in [0.5, 0.6) is 0 Å². The Balaban J connectivity index is 0.00000312. The van der Waals surface area contributed by atoms with Crippen LogP contribution < -0.4 is 10.6 Å². The van der Waals surface area contributed by atoms with Crippen molar-refractivity contribution in [1.82, 2.24) is 15.5 Å². The number of amides is 1. The second-order valence-corrected chi connectivity index (χ2v) is 6.56. The molecule has 2 rings (SSSR count). The molecule has 1 aromatic rings. The van der Waals surface area contributed by atoms with Crippen molar-refractivity contribution in [2.24, 2.45) is 4.99 Å². The number of carbonyl (C=O) groups is 1. The Morgan fingerprint density at radius 3 is 2.40 bits per heavy atom. The van der Waals surface area contributed by atoms with Gasteiger partial charge in [-0.05, 0) is 37.7 Å². The van der Waals surface area contributed by atoms with Gasteiger partial charge in [0.1, 0.15) is 0 Å². The highest BCUT2D eigenvalue weighted by molar-refractivity contribution is 14.0. The number of hydrogen-bond acceptors (Lipinski definition) is 2. The molecule has 0 bridgehead atoms. The van der Waals surface area contributed by atoms with Gasteiger partial charge in [0.2, 0.25) is 5.91 Å². The Morgan fingerprint density at radius 1 is 1.16 bits per heavy atom. The number of carbonyl (C=O) groups excluding carboxylic acids is 1. The third-order valence-electron chi connectivity index (χ3n) is 4.56. The van der Waals surface area contributed by atoms with Gasteiger partial charge in [-0.25, -0.2) is 0 Å². The van der Waals surface area contributed by atoms with Crippen molar-refractivity contribution in [1.29, 1.82) is 0 Å². The fourth-order valence-corrected chi connectivity index (χ4v) is 2.90. The fraction of sp³-hybridized carbons (Fsp3) is 0.579. The molecule has 25 heavy (non-hydrogen) atoms. The number of halogens is 1. The molecule has 1 fully saturated rings. The third-order valence-corrected chi connectivity index (χ3v) is 4.56. The standard InChI is InChI=1S/C19H30N4O.HI/c1-15-7-9-17(10-8-15)16(2)13-21-19(20-3)22-14-18(24)23-11-5-4-6-12-23;/h7-10,16H,4-6,11-14H2,1-3H3,(H2,20,21,22);1H. The van der Waals surface area contributed by atoms with Crippen molar-refractivity contribution in [3.63, 3.8) is 0 Å². The minimum absolute atomic E-state index is 0. The highest BCUT2D eigenvalue weighted by atomic mass is 127. The molecule has 0 aliphatic carbocycles. The van der Waals surface area contributed by atoms with Gasteiger partial charge < -0.3 is 15.5 Å². The number of benzene rings is 1. The summed E-state index contributed by atoms with van der Waals surface area (Å²) in [6, 6.07) is 8.60. The number of aliphatic imine (C=N–C) groups is 1. The Labute approximate surface area is 168 Å². The number of piperidine rings is 1. The number of likely N-dealkylation sites (tertiary alicyclic amines) is 1. The number of nitrogens with zero attached hydrogens (tertiary/aromatic N) is 2. The topological polar surface area (TPSA) is 56.7 Å². The van der Waals surface area contributed by atoms with E-state index >= 15 is 0 Å². The van der Waals surface area contributed by atoms with Crippen LogP contribution in [0.25, 0.3) is 0 Å². The van der Waals surface area contributed by atoms with E-state index in [1.807, 2.05) is 4.90 Å². The Morgan fingerprint density at radius 2 is 1.80 bits per heavy atom. The van der Waals surface area contributed by atoms with Crippen LogP contribution >= 0.6 is 24.0 Å². The maximum Gasteiger partial charge on any atom is 0.241 e. The third kappa shape index (κ3) is 7.22. The van der Waals surface area contributed by atoms with Gasteiger partial charge in [0.05, 0.1) is 6.54 Å². The average Bonchev–Trinajstić information content (AvgIpc) is 2.62. The lowest BCUT2D eigenvalue weighted by atomic mass is 10.0. The second kappa shape index (κ2) is 11.3. The second-order valence-electron chi connectivity index (χ2n) is 6.56. The number of hydrogen-bond donors (Lipinski definition) is 2. The molecule has 0 radical (unpaired) electrons. The van der Waals surface area contributed by atoms with Gasteiger partial charge >= 0.3 is 0 Å². The predicted molar refractivity (Wildman–Crippen MR) is 115 cm³/mol. The zero-order valence-electron chi connectivity index (χ0n) is 15.5. The molecule has 1 heterocycles. The van der Waals surface area contributed by atoms with E-state index in [2.05, 4.69) is 53.7 Å². The van der Waals surface area contributed by atoms with E-state index in [0.29, 0.717) is 18.4 Å². The van der Waals surface area contributed by atoms with Crippen LogP contribution in [0, 0.1) is 6.92 Å². The molecule has 5 nitrogen and oxygen atoms in total. The van der Waals surface area contributed by atoms with E-state index in [-0.39, 0.29) is 29.9 Å². The van der Waals surface area contributed by atoms with Crippen LogP contribution in [-0.2, 0) is 4.79 Å². The number of guanidine groups is 1. The van der Waals surface area contributed by atoms with E-state index in [1.54, 1.807) is 7.05 Å². The minimum Gasteiger partial charge on any atom is -0.356 e. The summed E-state index contributed by atoms with van der Waals surface area (Å²) in [5.41, 5.74) is 2.57. The molecule has 0 aromatic heterocycles. The maximum atomic E-state index is 12.2. The van der Waals surface area contributed by atoms with Gasteiger partial charge in [-0.3, -0.25) is 9.79 Å². The molecule has 1 aromatic carbocycles. The van der Waals surface area contributed by atoms with E-state index in [0.717, 1.165) is 32.5 Å². The molecule has 1 amide bonds. The molecule has 1 atom stereocenters. The first kappa shape index (κ1) is 21.7. The first-order chi connectivity index (χ1) is 11.6. The summed E-state index contributed by atoms with van der Waals surface area (Å²) in [6.07, 6.45) is 3.47. The summed E-state index contributed by atoms with van der Waals surface area (Å²) < 4.78 is 0. The van der Waals surface area contributed by atoms with Crippen LogP contribution in [0.4, 0.5) is 0 Å². The van der Waals surface area contributed by atoms with Crippen molar-refractivity contribution < 1.29 is 4.79 Å². The minimum atomic E-state index is 0. The number of aryl methyl sites for hydroxylation is 1. The Hall–Kier alpha value is -1.31. The molecular weight excluding hydrogens is 427 g/mol. The fourth-order valence-electron chi connectivity index (χ4n) is 2.90. The summed E-state index contributed by atoms with van der Waals surface area (Å²) in [6.45, 7) is 7.13. The molecular formula is C19H31IN4O. The van der Waals surface area contributed by atoms with Gasteiger partial charge in [-0.2, -0.15) is 0 Å². The van der Waals surface area contributed by atoms with Crippen molar-refractivity contribution in [3.8, 4) is 0 Å². The molecule has 0 spiro atoms. The van der Waals surface area contributed by atoms with Gasteiger partial charge in [-0.15, -0.1) is 24.0 Å². The quantitative estimate of drug-likeness (QED) is 0.406. The molecule has 140 valence electrons. The molecule has 2 N–H and O–H groups in total. The summed E-state index contributed by atoms with van der Waals surface area (Å²) in [5.74, 6) is 1.21. The smallest absolute Gasteiger partial charge is 0.241 e. The summed E-state index contributed by atoms with van der Waals surface area (Å²) in [7, 11) is 1.73. The highest BCUT2D eigenvalue weighted by Crippen LogP contribution is 2.14. The average molecular weight is 458 g/mol. The van der Waals surface area contributed by atoms with Crippen molar-refractivity contribution in [2.75, 3.05) is 33.2 Å². The van der Waals surface area contributed by atoms with E-state index < -0.39 is 0 Å². The largest absolute Gasteiger partial charge is 0.356 e. The molecule has 1 aliphatic rings. The predicted octanol–water partition coefficient (Wildman–Crippen LogP) is 2.89. The van der Waals surface area contributed by atoms with Gasteiger partial charge in [-0.1, -0.05) is 36.8 Å². The first-order valence-corrected chi connectivity index (χ1v) is 8.89. The van der Waals surface area contributed by atoms with Crippen LogP contribution in [0.2, 0.25) is 0 Å². The van der Waals surface area contributed by atoms with Crippen molar-refractivity contribution >= 4 is 35.8 Å². The Kier molecular flexibility index (Phi) is 9.85. The molecule has 1 saturated heterocycles. The number of nitrogens with one attached hydrogen (secondary N) is 2. The molecule has 1 aliphatic heterocycles. The van der Waals surface area contributed by atoms with E-state index in [4.69, 9.17) is 0 Å². The van der Waals surface area contributed by atoms with Gasteiger partial charge in [0.25, 0.3) is 0 Å². The zero-order chi connectivity index (χ0) is 17.4. The normalized spacial score (nSPS) is 16.0. The number of rotatable bonds is 5. The van der Waals surface area contributed by atoms with E-state index in [9.17, 15) is 4.79 Å². The van der Waals surface area contributed by atoms with Crippen LogP contribution in [-0.4, -0.2) is 50.0 Å². The lowest BCUT2D eigenvalue weighted by Crippen LogP contribution is -2.46. The molecule has 0 saturated carbocycles. The van der Waals surface area contributed by atoms with Crippen LogP contribution in [0.15, 0.2) is 29.3 Å². The highest BCUT2D eigenvalue weighted by Gasteiger charge is 2.16. The Bertz CT molecular complexity index is 553. The van der Waals surface area contributed by atoms with Crippen LogP contribution in [0.3, 0.4) is 0 Å². The summed E-state index contributed by atoms with van der Waals surface area (Å²) >= 11 is 0. The lowest BCUT2D eigenvalue weighted by Gasteiger charge is -2.27.